The topological polar surface area (TPSA) is 43.7 Å². The first-order chi connectivity index (χ1) is 14.5. The number of benzene rings is 2. The molecule has 5 heteroatoms. The average Bonchev–Trinajstić information content (AvgIpc) is 3.08. The van der Waals surface area contributed by atoms with Crippen LogP contribution in [0.25, 0.3) is 22.0 Å². The minimum atomic E-state index is -0.214. The van der Waals surface area contributed by atoms with Crippen molar-refractivity contribution in [2.45, 2.75) is 33.7 Å². The molecule has 0 unspecified atom stereocenters. The van der Waals surface area contributed by atoms with Gasteiger partial charge in [-0.15, -0.1) is 0 Å². The molecule has 0 spiro atoms. The number of carbonyl (C=O) groups excluding carboxylic acids is 1. The van der Waals surface area contributed by atoms with Gasteiger partial charge in [-0.25, -0.2) is 0 Å². The summed E-state index contributed by atoms with van der Waals surface area (Å²) >= 11 is 0. The molecule has 0 fully saturated rings. The van der Waals surface area contributed by atoms with E-state index in [-0.39, 0.29) is 12.4 Å². The zero-order valence-corrected chi connectivity index (χ0v) is 18.5. The Morgan fingerprint density at radius 1 is 1.07 bits per heavy atom. The maximum absolute atomic E-state index is 12.4. The van der Waals surface area contributed by atoms with Crippen molar-refractivity contribution in [2.75, 3.05) is 38.8 Å². The lowest BCUT2D eigenvalue weighted by atomic mass is 9.88. The van der Waals surface area contributed by atoms with Crippen LogP contribution in [0, 0.1) is 20.8 Å². The van der Waals surface area contributed by atoms with Crippen LogP contribution in [-0.2, 0) is 27.2 Å². The number of hydrogen-bond donors (Lipinski definition) is 0. The highest BCUT2D eigenvalue weighted by Gasteiger charge is 2.28. The van der Waals surface area contributed by atoms with E-state index in [1.54, 1.807) is 7.11 Å². The molecule has 5 nitrogen and oxygen atoms in total. The van der Waals surface area contributed by atoms with E-state index < -0.39 is 0 Å². The van der Waals surface area contributed by atoms with Crippen LogP contribution in [0.3, 0.4) is 0 Å². The molecule has 1 aliphatic rings. The lowest BCUT2D eigenvalue weighted by Gasteiger charge is -2.34. The lowest BCUT2D eigenvalue weighted by Crippen LogP contribution is -2.35. The van der Waals surface area contributed by atoms with Gasteiger partial charge in [-0.1, -0.05) is 29.8 Å². The summed E-state index contributed by atoms with van der Waals surface area (Å²) in [5.41, 5.74) is 9.44. The second-order valence-corrected chi connectivity index (χ2v) is 8.13. The van der Waals surface area contributed by atoms with Crippen molar-refractivity contribution in [3.63, 3.8) is 0 Å². The van der Waals surface area contributed by atoms with E-state index in [0.717, 1.165) is 41.9 Å². The summed E-state index contributed by atoms with van der Waals surface area (Å²) in [6.45, 7) is 9.80. The number of carbonyl (C=O) groups is 1. The molecule has 4 rings (SSSR count). The maximum atomic E-state index is 12.4. The molecule has 0 atom stereocenters. The first kappa shape index (κ1) is 20.5. The molecule has 2 aromatic carbocycles. The van der Waals surface area contributed by atoms with Gasteiger partial charge in [0.05, 0.1) is 31.3 Å². The number of methoxy groups -OCH3 is 2. The predicted octanol–water partition coefficient (Wildman–Crippen LogP) is 4.42. The minimum absolute atomic E-state index is 0.214. The Hall–Kier alpha value is -2.79. The number of aryl methyl sites for hydroxylation is 2. The van der Waals surface area contributed by atoms with Crippen LogP contribution in [0.4, 0.5) is 5.69 Å². The number of ether oxygens (including phenoxy) is 2. The van der Waals surface area contributed by atoms with Gasteiger partial charge in [0.2, 0.25) is 0 Å². The van der Waals surface area contributed by atoms with Gasteiger partial charge < -0.3 is 18.9 Å². The number of esters is 1. The van der Waals surface area contributed by atoms with Crippen LogP contribution >= 0.6 is 0 Å². The third-order valence-corrected chi connectivity index (χ3v) is 6.27. The average molecular weight is 407 g/mol. The largest absolute Gasteiger partial charge is 0.469 e. The highest BCUT2D eigenvalue weighted by Crippen LogP contribution is 2.44. The van der Waals surface area contributed by atoms with Crippen molar-refractivity contribution in [1.29, 1.82) is 0 Å². The summed E-state index contributed by atoms with van der Waals surface area (Å²) in [7, 11) is 3.19. The zero-order chi connectivity index (χ0) is 21.4. The third kappa shape index (κ3) is 3.37. The fourth-order valence-corrected chi connectivity index (χ4v) is 4.71. The van der Waals surface area contributed by atoms with Crippen LogP contribution in [-0.4, -0.2) is 44.5 Å². The summed E-state index contributed by atoms with van der Waals surface area (Å²) in [5, 5.41) is 1.21. The lowest BCUT2D eigenvalue weighted by molar-refractivity contribution is -0.139. The third-order valence-electron chi connectivity index (χ3n) is 6.27. The quantitative estimate of drug-likeness (QED) is 0.569. The monoisotopic (exact) mass is 406 g/mol. The molecule has 1 aliphatic heterocycles. The Bertz CT molecular complexity index is 1100. The van der Waals surface area contributed by atoms with Gasteiger partial charge >= 0.3 is 5.97 Å². The van der Waals surface area contributed by atoms with E-state index in [0.29, 0.717) is 6.61 Å². The van der Waals surface area contributed by atoms with Crippen LogP contribution in [0.1, 0.15) is 22.4 Å². The summed E-state index contributed by atoms with van der Waals surface area (Å²) in [5.74, 6) is -0.214. The summed E-state index contributed by atoms with van der Waals surface area (Å²) < 4.78 is 12.8. The van der Waals surface area contributed by atoms with Crippen molar-refractivity contribution < 1.29 is 14.3 Å². The standard InChI is InChI=1S/C25H30N2O3/c1-16-6-8-19(9-7-16)23-20(15-22(28)30-5)18(3)24-25-21(23)14-17(2)27(25)11-10-26(24)12-13-29-4/h6-9,14H,10-13,15H2,1-5H3. The molecule has 1 aromatic heterocycles. The second-order valence-electron chi connectivity index (χ2n) is 8.13. The normalized spacial score (nSPS) is 13.2. The first-order valence-electron chi connectivity index (χ1n) is 10.5. The zero-order valence-electron chi connectivity index (χ0n) is 18.5. The number of hydrogen-bond acceptors (Lipinski definition) is 4. The maximum Gasteiger partial charge on any atom is 0.310 e. The van der Waals surface area contributed by atoms with Crippen molar-refractivity contribution >= 4 is 22.6 Å². The Morgan fingerprint density at radius 2 is 1.80 bits per heavy atom. The Morgan fingerprint density at radius 3 is 2.47 bits per heavy atom. The molecule has 0 aliphatic carbocycles. The number of aromatic nitrogens is 1. The Labute approximate surface area is 178 Å². The molecule has 0 bridgehead atoms. The highest BCUT2D eigenvalue weighted by molar-refractivity contribution is 6.07. The molecule has 2 heterocycles. The van der Waals surface area contributed by atoms with Crippen molar-refractivity contribution in [3.05, 3.63) is 52.7 Å². The van der Waals surface area contributed by atoms with Crippen LogP contribution in [0.15, 0.2) is 30.3 Å². The molecule has 0 saturated heterocycles. The van der Waals surface area contributed by atoms with E-state index in [4.69, 9.17) is 9.47 Å². The molecule has 0 radical (unpaired) electrons. The van der Waals surface area contributed by atoms with E-state index in [9.17, 15) is 4.79 Å². The van der Waals surface area contributed by atoms with Crippen molar-refractivity contribution in [3.8, 4) is 11.1 Å². The van der Waals surface area contributed by atoms with Gasteiger partial charge in [-0.05, 0) is 49.1 Å². The molecule has 3 aromatic rings. The molecule has 0 saturated carbocycles. The van der Waals surface area contributed by atoms with Gasteiger partial charge in [-0.2, -0.15) is 0 Å². The van der Waals surface area contributed by atoms with E-state index in [1.165, 1.54) is 35.0 Å². The summed E-state index contributed by atoms with van der Waals surface area (Å²) in [6.07, 6.45) is 0.261. The van der Waals surface area contributed by atoms with E-state index in [2.05, 4.69) is 60.6 Å². The Kier molecular flexibility index (Phi) is 5.56. The van der Waals surface area contributed by atoms with Gasteiger partial charge in [0, 0.05) is 37.8 Å². The number of anilines is 1. The van der Waals surface area contributed by atoms with Gasteiger partial charge in [0.25, 0.3) is 0 Å². The minimum Gasteiger partial charge on any atom is -0.469 e. The molecular formula is C25H30N2O3. The molecule has 158 valence electrons. The Balaban J connectivity index is 2.05. The second kappa shape index (κ2) is 8.15. The van der Waals surface area contributed by atoms with Gasteiger partial charge in [0.15, 0.2) is 0 Å². The van der Waals surface area contributed by atoms with Gasteiger partial charge in [-0.3, -0.25) is 4.79 Å². The van der Waals surface area contributed by atoms with Crippen LogP contribution in [0.5, 0.6) is 0 Å². The molecule has 30 heavy (non-hydrogen) atoms. The van der Waals surface area contributed by atoms with Crippen LogP contribution < -0.4 is 4.90 Å². The molecule has 0 N–H and O–H groups in total. The number of nitrogens with zero attached hydrogens (tertiary/aromatic N) is 2. The summed E-state index contributed by atoms with van der Waals surface area (Å²) in [6, 6.07) is 10.9. The molecular weight excluding hydrogens is 376 g/mol. The predicted molar refractivity (Wildman–Crippen MR) is 121 cm³/mol. The van der Waals surface area contributed by atoms with Crippen LogP contribution in [0.2, 0.25) is 0 Å². The first-order valence-corrected chi connectivity index (χ1v) is 10.5. The molecule has 0 amide bonds. The van der Waals surface area contributed by atoms with Gasteiger partial charge in [0.1, 0.15) is 0 Å². The van der Waals surface area contributed by atoms with E-state index in [1.807, 2.05) is 0 Å². The SMILES string of the molecule is COCCN1CCn2c(C)cc3c(-c4ccc(C)cc4)c(CC(=O)OC)c(C)c1c32. The van der Waals surface area contributed by atoms with E-state index >= 15 is 0 Å². The smallest absolute Gasteiger partial charge is 0.310 e. The number of rotatable bonds is 6. The highest BCUT2D eigenvalue weighted by atomic mass is 16.5. The van der Waals surface area contributed by atoms with Crippen molar-refractivity contribution in [1.82, 2.24) is 4.57 Å². The fourth-order valence-electron chi connectivity index (χ4n) is 4.71. The fraction of sp³-hybridized carbons (Fsp3) is 0.400. The summed E-state index contributed by atoms with van der Waals surface area (Å²) in [4.78, 5) is 14.8. The van der Waals surface area contributed by atoms with Crippen molar-refractivity contribution in [2.24, 2.45) is 0 Å².